The molecule has 0 radical (unpaired) electrons. The number of rotatable bonds is 5. The molecule has 6 nitrogen and oxygen atoms in total. The number of hydroxylamine groups is 2. The van der Waals surface area contributed by atoms with Gasteiger partial charge in [-0.2, -0.15) is 0 Å². The number of hydrogen-bond donors (Lipinski definition) is 0. The molecule has 0 saturated heterocycles. The standard InChI is InChI=1S/C21H21FN2O4S/c1-13-7-9-14(10-8-13)29(26,27)24-12-17(20-18(22)5-4-6-19(20)24)15-11-16(15)21(25)23(2)28-3/h4-10,12,15-16H,11H2,1-3H3/t15-,16-/m0/s1. The molecule has 1 aliphatic carbocycles. The zero-order valence-corrected chi connectivity index (χ0v) is 17.1. The molecule has 1 aromatic heterocycles. The Morgan fingerprint density at radius 3 is 2.55 bits per heavy atom. The number of fused-ring (bicyclic) bond motifs is 1. The van der Waals surface area contributed by atoms with Gasteiger partial charge in [-0.3, -0.25) is 9.63 Å². The van der Waals surface area contributed by atoms with E-state index in [0.29, 0.717) is 12.0 Å². The molecule has 4 rings (SSSR count). The summed E-state index contributed by atoms with van der Waals surface area (Å²) in [5, 5.41) is 1.38. The Bertz CT molecular complexity index is 1200. The van der Waals surface area contributed by atoms with Gasteiger partial charge in [0.05, 0.1) is 17.5 Å². The molecule has 2 atom stereocenters. The fourth-order valence-electron chi connectivity index (χ4n) is 3.68. The largest absolute Gasteiger partial charge is 0.275 e. The van der Waals surface area contributed by atoms with E-state index in [1.807, 2.05) is 6.92 Å². The summed E-state index contributed by atoms with van der Waals surface area (Å²) >= 11 is 0. The molecule has 1 heterocycles. The average molecular weight is 416 g/mol. The van der Waals surface area contributed by atoms with Crippen molar-refractivity contribution < 1.29 is 22.4 Å². The van der Waals surface area contributed by atoms with Gasteiger partial charge in [0.15, 0.2) is 0 Å². The fraction of sp³-hybridized carbons (Fsp3) is 0.286. The molecule has 0 bridgehead atoms. The van der Waals surface area contributed by atoms with Gasteiger partial charge >= 0.3 is 0 Å². The molecule has 1 amide bonds. The number of benzene rings is 2. The number of aromatic nitrogens is 1. The smallest absolute Gasteiger partial charge is 0.268 e. The van der Waals surface area contributed by atoms with Crippen molar-refractivity contribution in [3.05, 3.63) is 65.6 Å². The maximum absolute atomic E-state index is 14.7. The topological polar surface area (TPSA) is 68.6 Å². The Morgan fingerprint density at radius 1 is 1.21 bits per heavy atom. The van der Waals surface area contributed by atoms with Crippen molar-refractivity contribution in [2.45, 2.75) is 24.2 Å². The lowest BCUT2D eigenvalue weighted by Gasteiger charge is -2.13. The summed E-state index contributed by atoms with van der Waals surface area (Å²) < 4.78 is 42.3. The van der Waals surface area contributed by atoms with Crippen LogP contribution in [0.1, 0.15) is 23.5 Å². The monoisotopic (exact) mass is 416 g/mol. The van der Waals surface area contributed by atoms with E-state index in [2.05, 4.69) is 0 Å². The SMILES string of the molecule is CON(C)C(=O)[C@H]1C[C@@H]1c1cn(S(=O)(=O)c2ccc(C)cc2)c2cccc(F)c12. The molecule has 0 aliphatic heterocycles. The van der Waals surface area contributed by atoms with E-state index in [1.54, 1.807) is 18.2 Å². The van der Waals surface area contributed by atoms with Crippen molar-refractivity contribution >= 4 is 26.8 Å². The van der Waals surface area contributed by atoms with Crippen LogP contribution in [0.3, 0.4) is 0 Å². The number of aryl methyl sites for hydroxylation is 1. The van der Waals surface area contributed by atoms with E-state index < -0.39 is 15.8 Å². The number of carbonyl (C=O) groups is 1. The van der Waals surface area contributed by atoms with Crippen LogP contribution in [0.5, 0.6) is 0 Å². The summed E-state index contributed by atoms with van der Waals surface area (Å²) in [5.74, 6) is -1.33. The molecule has 0 N–H and O–H groups in total. The van der Waals surface area contributed by atoms with Gasteiger partial charge in [0.1, 0.15) is 5.82 Å². The molecule has 8 heteroatoms. The first kappa shape index (κ1) is 19.6. The zero-order valence-electron chi connectivity index (χ0n) is 16.3. The number of amides is 1. The van der Waals surface area contributed by atoms with E-state index in [-0.39, 0.29) is 33.5 Å². The Labute approximate surface area is 168 Å². The Hall–Kier alpha value is -2.71. The lowest BCUT2D eigenvalue weighted by atomic mass is 10.1. The second-order valence-corrected chi connectivity index (χ2v) is 9.11. The molecule has 0 unspecified atom stereocenters. The molecule has 2 aromatic carbocycles. The second-order valence-electron chi connectivity index (χ2n) is 7.30. The predicted molar refractivity (Wildman–Crippen MR) is 106 cm³/mol. The summed E-state index contributed by atoms with van der Waals surface area (Å²) in [7, 11) is -0.998. The Morgan fingerprint density at radius 2 is 1.90 bits per heavy atom. The van der Waals surface area contributed by atoms with E-state index in [0.717, 1.165) is 14.6 Å². The van der Waals surface area contributed by atoms with Crippen LogP contribution in [0, 0.1) is 18.7 Å². The molecule has 1 fully saturated rings. The van der Waals surface area contributed by atoms with Crippen LogP contribution in [-0.2, 0) is 19.7 Å². The van der Waals surface area contributed by atoms with E-state index in [4.69, 9.17) is 4.84 Å². The molecule has 3 aromatic rings. The summed E-state index contributed by atoms with van der Waals surface area (Å²) in [6.07, 6.45) is 1.97. The van der Waals surface area contributed by atoms with Gasteiger partial charge < -0.3 is 0 Å². The predicted octanol–water partition coefficient (Wildman–Crippen LogP) is 3.45. The van der Waals surface area contributed by atoms with Crippen LogP contribution in [0.2, 0.25) is 0 Å². The molecule has 1 saturated carbocycles. The quantitative estimate of drug-likeness (QED) is 0.598. The van der Waals surface area contributed by atoms with Gasteiger partial charge in [-0.1, -0.05) is 23.8 Å². The summed E-state index contributed by atoms with van der Waals surface area (Å²) in [4.78, 5) is 17.4. The van der Waals surface area contributed by atoms with Gasteiger partial charge in [-0.25, -0.2) is 21.8 Å². The third-order valence-electron chi connectivity index (χ3n) is 5.44. The molecule has 152 valence electrons. The van der Waals surface area contributed by atoms with Crippen molar-refractivity contribution in [2.75, 3.05) is 14.2 Å². The lowest BCUT2D eigenvalue weighted by Crippen LogP contribution is -2.27. The van der Waals surface area contributed by atoms with Crippen LogP contribution >= 0.6 is 0 Å². The zero-order chi connectivity index (χ0) is 20.9. The van der Waals surface area contributed by atoms with Crippen molar-refractivity contribution in [3.8, 4) is 0 Å². The van der Waals surface area contributed by atoms with Crippen LogP contribution < -0.4 is 0 Å². The van der Waals surface area contributed by atoms with Crippen molar-refractivity contribution in [1.82, 2.24) is 9.04 Å². The average Bonchev–Trinajstić information content (AvgIpc) is 3.39. The first-order chi connectivity index (χ1) is 13.8. The molecule has 1 aliphatic rings. The van der Waals surface area contributed by atoms with Crippen molar-refractivity contribution in [2.24, 2.45) is 5.92 Å². The van der Waals surface area contributed by atoms with Crippen LogP contribution in [0.4, 0.5) is 4.39 Å². The van der Waals surface area contributed by atoms with E-state index in [9.17, 15) is 17.6 Å². The van der Waals surface area contributed by atoms with Gasteiger partial charge in [0.2, 0.25) is 5.91 Å². The highest BCUT2D eigenvalue weighted by atomic mass is 32.2. The normalized spacial score (nSPS) is 18.8. The summed E-state index contributed by atoms with van der Waals surface area (Å²) in [5.41, 5.74) is 1.73. The first-order valence-corrected chi connectivity index (χ1v) is 10.6. The fourth-order valence-corrected chi connectivity index (χ4v) is 5.05. The highest BCUT2D eigenvalue weighted by molar-refractivity contribution is 7.90. The van der Waals surface area contributed by atoms with Gasteiger partial charge in [-0.15, -0.1) is 0 Å². The van der Waals surface area contributed by atoms with Crippen molar-refractivity contribution in [3.63, 3.8) is 0 Å². The summed E-state index contributed by atoms with van der Waals surface area (Å²) in [6, 6.07) is 10.9. The number of nitrogens with zero attached hydrogens (tertiary/aromatic N) is 2. The minimum absolute atomic E-state index is 0.123. The molecular formula is C21H21FN2O4S. The Kier molecular flexibility index (Phi) is 4.71. The van der Waals surface area contributed by atoms with Crippen LogP contribution in [0.15, 0.2) is 53.6 Å². The lowest BCUT2D eigenvalue weighted by molar-refractivity contribution is -0.170. The van der Waals surface area contributed by atoms with Crippen LogP contribution in [-0.4, -0.2) is 37.5 Å². The number of halogens is 1. The third kappa shape index (κ3) is 3.22. The molecule has 0 spiro atoms. The van der Waals surface area contributed by atoms with E-state index in [1.165, 1.54) is 44.6 Å². The van der Waals surface area contributed by atoms with Crippen molar-refractivity contribution in [1.29, 1.82) is 0 Å². The maximum Gasteiger partial charge on any atom is 0.268 e. The van der Waals surface area contributed by atoms with Crippen LogP contribution in [0.25, 0.3) is 10.9 Å². The van der Waals surface area contributed by atoms with Gasteiger partial charge in [0.25, 0.3) is 10.0 Å². The number of hydrogen-bond acceptors (Lipinski definition) is 4. The minimum atomic E-state index is -3.91. The first-order valence-electron chi connectivity index (χ1n) is 9.19. The van der Waals surface area contributed by atoms with Gasteiger partial charge in [0, 0.05) is 24.5 Å². The summed E-state index contributed by atoms with van der Waals surface area (Å²) in [6.45, 7) is 1.87. The highest BCUT2D eigenvalue weighted by Crippen LogP contribution is 2.51. The third-order valence-corrected chi connectivity index (χ3v) is 7.13. The molecular weight excluding hydrogens is 395 g/mol. The van der Waals surface area contributed by atoms with E-state index >= 15 is 0 Å². The maximum atomic E-state index is 14.7. The minimum Gasteiger partial charge on any atom is -0.275 e. The second kappa shape index (κ2) is 6.96. The highest BCUT2D eigenvalue weighted by Gasteiger charge is 2.47. The number of carbonyl (C=O) groups excluding carboxylic acids is 1. The Balaban J connectivity index is 1.83. The molecule has 29 heavy (non-hydrogen) atoms. The van der Waals surface area contributed by atoms with Gasteiger partial charge in [-0.05, 0) is 49.1 Å².